The number of carbonyl (C=O) groups excluding carboxylic acids is 1. The van der Waals surface area contributed by atoms with E-state index in [0.29, 0.717) is 18.9 Å². The number of ether oxygens (including phenoxy) is 1. The van der Waals surface area contributed by atoms with Crippen LogP contribution < -0.4 is 5.73 Å². The van der Waals surface area contributed by atoms with Crippen molar-refractivity contribution in [3.8, 4) is 0 Å². The molecule has 0 aliphatic rings. The first-order valence-corrected chi connectivity index (χ1v) is 6.00. The summed E-state index contributed by atoms with van der Waals surface area (Å²) >= 11 is 0. The van der Waals surface area contributed by atoms with Gasteiger partial charge in [0.25, 0.3) is 0 Å². The number of rotatable bonds is 8. The molecular weight excluding hydrogens is 190 g/mol. The minimum atomic E-state index is -0.448. The molecule has 0 spiro atoms. The van der Waals surface area contributed by atoms with Gasteiger partial charge in [0.15, 0.2) is 0 Å². The van der Waals surface area contributed by atoms with Crippen LogP contribution in [0.25, 0.3) is 0 Å². The average Bonchev–Trinajstić information content (AvgIpc) is 2.16. The van der Waals surface area contributed by atoms with E-state index < -0.39 is 6.04 Å². The lowest BCUT2D eigenvalue weighted by Gasteiger charge is -2.13. The van der Waals surface area contributed by atoms with Gasteiger partial charge >= 0.3 is 5.97 Å². The Morgan fingerprint density at radius 3 is 2.47 bits per heavy atom. The van der Waals surface area contributed by atoms with E-state index in [1.54, 1.807) is 0 Å². The summed E-state index contributed by atoms with van der Waals surface area (Å²) in [5, 5.41) is 0. The van der Waals surface area contributed by atoms with E-state index in [1.165, 1.54) is 12.8 Å². The Hall–Kier alpha value is -0.570. The van der Waals surface area contributed by atoms with Crippen molar-refractivity contribution >= 4 is 5.97 Å². The molecule has 0 amide bonds. The smallest absolute Gasteiger partial charge is 0.322 e. The highest BCUT2D eigenvalue weighted by molar-refractivity contribution is 5.75. The van der Waals surface area contributed by atoms with E-state index in [1.807, 2.05) is 13.8 Å². The lowest BCUT2D eigenvalue weighted by atomic mass is 10.1. The second kappa shape index (κ2) is 8.72. The first kappa shape index (κ1) is 14.4. The number of hydrogen-bond acceptors (Lipinski definition) is 3. The summed E-state index contributed by atoms with van der Waals surface area (Å²) in [5.41, 5.74) is 5.68. The second-order valence-electron chi connectivity index (χ2n) is 4.46. The molecule has 0 saturated carbocycles. The lowest BCUT2D eigenvalue weighted by molar-refractivity contribution is -0.145. The maximum atomic E-state index is 11.4. The zero-order chi connectivity index (χ0) is 11.7. The molecule has 0 fully saturated rings. The van der Waals surface area contributed by atoms with Crippen LogP contribution in [0.15, 0.2) is 0 Å². The minimum Gasteiger partial charge on any atom is -0.465 e. The fraction of sp³-hybridized carbons (Fsp3) is 0.917. The number of unbranched alkanes of at least 4 members (excludes halogenated alkanes) is 3. The van der Waals surface area contributed by atoms with Crippen molar-refractivity contribution in [1.29, 1.82) is 0 Å². The Kier molecular flexibility index (Phi) is 8.38. The van der Waals surface area contributed by atoms with Gasteiger partial charge in [-0.2, -0.15) is 0 Å². The van der Waals surface area contributed by atoms with Gasteiger partial charge in [0.1, 0.15) is 6.04 Å². The van der Waals surface area contributed by atoms with Crippen LogP contribution in [0.4, 0.5) is 0 Å². The van der Waals surface area contributed by atoms with Crippen LogP contribution in [0.1, 0.15) is 52.9 Å². The zero-order valence-electron chi connectivity index (χ0n) is 10.3. The topological polar surface area (TPSA) is 52.3 Å². The van der Waals surface area contributed by atoms with Crippen molar-refractivity contribution in [3.05, 3.63) is 0 Å². The van der Waals surface area contributed by atoms with Crippen molar-refractivity contribution in [2.45, 2.75) is 58.9 Å². The predicted molar refractivity (Wildman–Crippen MR) is 62.5 cm³/mol. The van der Waals surface area contributed by atoms with Crippen LogP contribution in [0.5, 0.6) is 0 Å². The summed E-state index contributed by atoms with van der Waals surface area (Å²) < 4.78 is 5.09. The van der Waals surface area contributed by atoms with E-state index in [9.17, 15) is 4.79 Å². The fourth-order valence-corrected chi connectivity index (χ4v) is 1.41. The Balaban J connectivity index is 3.47. The Labute approximate surface area is 93.4 Å². The number of esters is 1. The average molecular weight is 215 g/mol. The molecular formula is C12H25NO2. The van der Waals surface area contributed by atoms with E-state index in [4.69, 9.17) is 10.5 Å². The Bertz CT molecular complexity index is 169. The number of nitrogens with two attached hydrogens (primary N) is 1. The molecule has 3 nitrogen and oxygen atoms in total. The molecule has 0 bridgehead atoms. The molecule has 2 N–H and O–H groups in total. The molecule has 0 saturated heterocycles. The van der Waals surface area contributed by atoms with Crippen LogP contribution >= 0.6 is 0 Å². The van der Waals surface area contributed by atoms with Crippen LogP contribution in [0.2, 0.25) is 0 Å². The third-order valence-electron chi connectivity index (χ3n) is 2.27. The van der Waals surface area contributed by atoms with Gasteiger partial charge < -0.3 is 10.5 Å². The van der Waals surface area contributed by atoms with E-state index in [2.05, 4.69) is 6.92 Å². The third kappa shape index (κ3) is 8.43. The fourth-order valence-electron chi connectivity index (χ4n) is 1.41. The highest BCUT2D eigenvalue weighted by Gasteiger charge is 2.15. The minimum absolute atomic E-state index is 0.250. The molecule has 0 heterocycles. The van der Waals surface area contributed by atoms with Crippen LogP contribution in [0.3, 0.4) is 0 Å². The molecule has 0 unspecified atom stereocenters. The molecule has 0 aromatic carbocycles. The summed E-state index contributed by atoms with van der Waals surface area (Å²) in [5.74, 6) is 0.188. The SMILES string of the molecule is CCCCCCOC(=O)[C@@H](N)CC(C)C. The lowest BCUT2D eigenvalue weighted by Crippen LogP contribution is -2.33. The second-order valence-corrected chi connectivity index (χ2v) is 4.46. The predicted octanol–water partition coefficient (Wildman–Crippen LogP) is 2.48. The van der Waals surface area contributed by atoms with Crippen molar-refractivity contribution in [2.75, 3.05) is 6.61 Å². The largest absolute Gasteiger partial charge is 0.465 e. The van der Waals surface area contributed by atoms with Gasteiger partial charge in [-0.15, -0.1) is 0 Å². The van der Waals surface area contributed by atoms with Gasteiger partial charge in [0.05, 0.1) is 6.61 Å². The van der Waals surface area contributed by atoms with Gasteiger partial charge in [-0.1, -0.05) is 40.0 Å². The molecule has 0 rings (SSSR count). The number of hydrogen-bond donors (Lipinski definition) is 1. The molecule has 0 aliphatic carbocycles. The standard InChI is InChI=1S/C12H25NO2/c1-4-5-6-7-8-15-12(14)11(13)9-10(2)3/h10-11H,4-9,13H2,1-3H3/t11-/m0/s1. The Morgan fingerprint density at radius 1 is 1.27 bits per heavy atom. The number of carbonyl (C=O) groups is 1. The molecule has 0 aromatic heterocycles. The van der Waals surface area contributed by atoms with Crippen LogP contribution in [-0.2, 0) is 9.53 Å². The molecule has 0 aromatic rings. The maximum absolute atomic E-state index is 11.4. The van der Waals surface area contributed by atoms with Crippen LogP contribution in [0, 0.1) is 5.92 Å². The van der Waals surface area contributed by atoms with Crippen LogP contribution in [-0.4, -0.2) is 18.6 Å². The molecule has 0 aliphatic heterocycles. The van der Waals surface area contributed by atoms with Gasteiger partial charge in [-0.05, 0) is 18.8 Å². The summed E-state index contributed by atoms with van der Waals surface area (Å²) in [6.07, 6.45) is 5.18. The quantitative estimate of drug-likeness (QED) is 0.500. The molecule has 15 heavy (non-hydrogen) atoms. The molecule has 0 radical (unpaired) electrons. The van der Waals surface area contributed by atoms with E-state index >= 15 is 0 Å². The van der Waals surface area contributed by atoms with E-state index in [0.717, 1.165) is 12.8 Å². The summed E-state index contributed by atoms with van der Waals surface area (Å²) in [6, 6.07) is -0.448. The van der Waals surface area contributed by atoms with Crippen molar-refractivity contribution in [1.82, 2.24) is 0 Å². The first-order chi connectivity index (χ1) is 7.07. The van der Waals surface area contributed by atoms with Crippen molar-refractivity contribution in [2.24, 2.45) is 11.7 Å². The summed E-state index contributed by atoms with van der Waals surface area (Å²) in [7, 11) is 0. The molecule has 90 valence electrons. The first-order valence-electron chi connectivity index (χ1n) is 6.00. The normalized spacial score (nSPS) is 12.9. The van der Waals surface area contributed by atoms with Gasteiger partial charge in [-0.3, -0.25) is 4.79 Å². The summed E-state index contributed by atoms with van der Waals surface area (Å²) in [4.78, 5) is 11.4. The van der Waals surface area contributed by atoms with Crippen molar-refractivity contribution < 1.29 is 9.53 Å². The zero-order valence-corrected chi connectivity index (χ0v) is 10.3. The Morgan fingerprint density at radius 2 is 1.93 bits per heavy atom. The summed E-state index contributed by atoms with van der Waals surface area (Å²) in [6.45, 7) is 6.78. The maximum Gasteiger partial charge on any atom is 0.322 e. The van der Waals surface area contributed by atoms with E-state index in [-0.39, 0.29) is 5.97 Å². The van der Waals surface area contributed by atoms with Gasteiger partial charge in [0, 0.05) is 0 Å². The van der Waals surface area contributed by atoms with Crippen molar-refractivity contribution in [3.63, 3.8) is 0 Å². The molecule has 3 heteroatoms. The monoisotopic (exact) mass is 215 g/mol. The molecule has 1 atom stereocenters. The van der Waals surface area contributed by atoms with Gasteiger partial charge in [-0.25, -0.2) is 0 Å². The highest BCUT2D eigenvalue weighted by atomic mass is 16.5. The highest BCUT2D eigenvalue weighted by Crippen LogP contribution is 2.05. The third-order valence-corrected chi connectivity index (χ3v) is 2.27. The van der Waals surface area contributed by atoms with Gasteiger partial charge in [0.2, 0.25) is 0 Å².